The standard InChI is InChI=1S/C58H42BNO3/c1-58(2,3)46-26-15-24-44-45-25-16-28-50(57(45)63-56(44)46)60(49-27-14-13-23-43(49)39-21-11-6-12-22-39)42-35-53-55-54(36-42)62-52-34-41(38-19-9-5-10-20-38)30-32-48(52)59(55)47-31-29-40(33-51(47)61-53)37-17-7-4-8-18-37/h4-36H,1-3H3. The second kappa shape index (κ2) is 14.4. The van der Waals surface area contributed by atoms with Crippen LogP contribution in [-0.4, -0.2) is 6.71 Å². The Balaban J connectivity index is 1.12. The van der Waals surface area contributed by atoms with Crippen LogP contribution in [0.2, 0.25) is 0 Å². The average molecular weight is 812 g/mol. The molecule has 12 rings (SSSR count). The number of para-hydroxylation sites is 3. The van der Waals surface area contributed by atoms with Crippen LogP contribution in [0.3, 0.4) is 0 Å². The van der Waals surface area contributed by atoms with Crippen LogP contribution in [0.5, 0.6) is 23.0 Å². The number of rotatable bonds is 6. The third kappa shape index (κ3) is 6.14. The summed E-state index contributed by atoms with van der Waals surface area (Å²) in [6.45, 7) is 6.62. The molecule has 0 aliphatic carbocycles. The second-order valence-electron chi connectivity index (χ2n) is 17.6. The van der Waals surface area contributed by atoms with E-state index in [1.165, 1.54) is 5.56 Å². The van der Waals surface area contributed by atoms with Crippen molar-refractivity contribution in [2.75, 3.05) is 4.90 Å². The predicted molar refractivity (Wildman–Crippen MR) is 261 cm³/mol. The zero-order chi connectivity index (χ0) is 42.2. The monoisotopic (exact) mass is 811 g/mol. The summed E-state index contributed by atoms with van der Waals surface area (Å²) in [6.07, 6.45) is 0. The van der Waals surface area contributed by atoms with Crippen LogP contribution in [0, 0.1) is 0 Å². The lowest BCUT2D eigenvalue weighted by Crippen LogP contribution is -2.57. The van der Waals surface area contributed by atoms with Crippen molar-refractivity contribution in [2.45, 2.75) is 26.2 Å². The van der Waals surface area contributed by atoms with Crippen molar-refractivity contribution in [3.8, 4) is 56.4 Å². The van der Waals surface area contributed by atoms with Crippen LogP contribution in [0.1, 0.15) is 26.3 Å². The summed E-state index contributed by atoms with van der Waals surface area (Å²) in [5.41, 5.74) is 15.5. The average Bonchev–Trinajstić information content (AvgIpc) is 3.71. The van der Waals surface area contributed by atoms with E-state index >= 15 is 0 Å². The lowest BCUT2D eigenvalue weighted by Gasteiger charge is -2.35. The van der Waals surface area contributed by atoms with E-state index in [0.29, 0.717) is 0 Å². The van der Waals surface area contributed by atoms with Crippen LogP contribution < -0.4 is 30.8 Å². The molecule has 1 aromatic heterocycles. The first-order chi connectivity index (χ1) is 30.9. The van der Waals surface area contributed by atoms with Gasteiger partial charge in [0.25, 0.3) is 6.71 Å². The summed E-state index contributed by atoms with van der Waals surface area (Å²) in [5, 5.41) is 2.16. The smallest absolute Gasteiger partial charge is 0.260 e. The highest BCUT2D eigenvalue weighted by molar-refractivity contribution is 6.98. The van der Waals surface area contributed by atoms with E-state index in [4.69, 9.17) is 13.9 Å². The molecule has 63 heavy (non-hydrogen) atoms. The van der Waals surface area contributed by atoms with Gasteiger partial charge < -0.3 is 18.8 Å². The minimum absolute atomic E-state index is 0.106. The molecule has 10 aromatic rings. The molecule has 0 N–H and O–H groups in total. The molecule has 5 heteroatoms. The molecule has 0 spiro atoms. The zero-order valence-electron chi connectivity index (χ0n) is 35.3. The SMILES string of the molecule is CC(C)(C)c1cccc2c1oc1c(N(c3cc4c5c(c3)Oc3cc(-c6ccccc6)ccc3B5c3ccc(-c5ccccc5)cc3O4)c3ccccc3-c3ccccc3)cccc12. The second-order valence-corrected chi connectivity index (χ2v) is 17.6. The Labute approximate surface area is 367 Å². The van der Waals surface area contributed by atoms with Gasteiger partial charge in [-0.15, -0.1) is 0 Å². The van der Waals surface area contributed by atoms with E-state index in [9.17, 15) is 0 Å². The highest BCUT2D eigenvalue weighted by Gasteiger charge is 2.41. The fourth-order valence-electron chi connectivity index (χ4n) is 9.74. The molecule has 4 nitrogen and oxygen atoms in total. The third-order valence-electron chi connectivity index (χ3n) is 12.7. The molecule has 0 bridgehead atoms. The van der Waals surface area contributed by atoms with Crippen molar-refractivity contribution in [1.82, 2.24) is 0 Å². The molecular formula is C58H42BNO3. The molecule has 9 aromatic carbocycles. The molecular weight excluding hydrogens is 769 g/mol. The molecule has 2 aliphatic rings. The lowest BCUT2D eigenvalue weighted by atomic mass is 9.34. The number of furan rings is 1. The van der Waals surface area contributed by atoms with Crippen LogP contribution >= 0.6 is 0 Å². The van der Waals surface area contributed by atoms with Gasteiger partial charge in [-0.2, -0.15) is 0 Å². The fraction of sp³-hybridized carbons (Fsp3) is 0.0690. The van der Waals surface area contributed by atoms with Crippen molar-refractivity contribution < 1.29 is 13.9 Å². The number of benzene rings is 9. The predicted octanol–water partition coefficient (Wildman–Crippen LogP) is 14.1. The van der Waals surface area contributed by atoms with Crippen molar-refractivity contribution in [3.05, 3.63) is 206 Å². The molecule has 0 amide bonds. The number of fused-ring (bicyclic) bond motifs is 7. The molecule has 0 fully saturated rings. The van der Waals surface area contributed by atoms with Gasteiger partial charge in [-0.05, 0) is 68.4 Å². The summed E-state index contributed by atoms with van der Waals surface area (Å²) in [7, 11) is 0. The third-order valence-corrected chi connectivity index (χ3v) is 12.7. The first-order valence-corrected chi connectivity index (χ1v) is 21.7. The minimum Gasteiger partial charge on any atom is -0.458 e. The Bertz CT molecular complexity index is 3270. The maximum absolute atomic E-state index is 7.13. The van der Waals surface area contributed by atoms with E-state index in [1.807, 2.05) is 0 Å². The largest absolute Gasteiger partial charge is 0.458 e. The molecule has 2 aliphatic heterocycles. The Kier molecular flexibility index (Phi) is 8.48. The van der Waals surface area contributed by atoms with Gasteiger partial charge in [0.1, 0.15) is 28.6 Å². The number of anilines is 3. The normalized spacial score (nSPS) is 12.6. The molecule has 0 saturated heterocycles. The van der Waals surface area contributed by atoms with Crippen LogP contribution in [0.4, 0.5) is 17.1 Å². The van der Waals surface area contributed by atoms with Crippen molar-refractivity contribution >= 4 is 62.1 Å². The number of ether oxygens (including phenoxy) is 2. The molecule has 0 atom stereocenters. The molecule has 0 unspecified atom stereocenters. The Morgan fingerprint density at radius 3 is 1.51 bits per heavy atom. The van der Waals surface area contributed by atoms with Crippen LogP contribution in [0.15, 0.2) is 205 Å². The van der Waals surface area contributed by atoms with Crippen LogP contribution in [0.25, 0.3) is 55.3 Å². The quantitative estimate of drug-likeness (QED) is 0.157. The minimum atomic E-state index is -0.118. The lowest BCUT2D eigenvalue weighted by molar-refractivity contribution is 0.465. The Morgan fingerprint density at radius 1 is 0.413 bits per heavy atom. The van der Waals surface area contributed by atoms with Crippen LogP contribution in [-0.2, 0) is 5.41 Å². The van der Waals surface area contributed by atoms with Gasteiger partial charge in [0.15, 0.2) is 5.58 Å². The summed E-state index contributed by atoms with van der Waals surface area (Å²) >= 11 is 0. The van der Waals surface area contributed by atoms with Gasteiger partial charge >= 0.3 is 0 Å². The van der Waals surface area contributed by atoms with Crippen molar-refractivity contribution in [2.24, 2.45) is 0 Å². The highest BCUT2D eigenvalue weighted by atomic mass is 16.5. The number of nitrogens with zero attached hydrogens (tertiary/aromatic N) is 1. The number of hydrogen-bond acceptors (Lipinski definition) is 4. The molecule has 300 valence electrons. The van der Waals surface area contributed by atoms with Gasteiger partial charge in [0, 0.05) is 39.5 Å². The first-order valence-electron chi connectivity index (χ1n) is 21.7. The summed E-state index contributed by atoms with van der Waals surface area (Å²) in [5.74, 6) is 3.19. The van der Waals surface area contributed by atoms with Gasteiger partial charge in [-0.1, -0.05) is 185 Å². The van der Waals surface area contributed by atoms with E-state index in [-0.39, 0.29) is 12.1 Å². The Morgan fingerprint density at radius 2 is 0.921 bits per heavy atom. The van der Waals surface area contributed by atoms with E-state index in [0.717, 1.165) is 112 Å². The molecule has 0 radical (unpaired) electrons. The van der Waals surface area contributed by atoms with Crippen molar-refractivity contribution in [1.29, 1.82) is 0 Å². The zero-order valence-corrected chi connectivity index (χ0v) is 35.3. The molecule has 0 saturated carbocycles. The topological polar surface area (TPSA) is 34.8 Å². The Hall–Kier alpha value is -7.76. The van der Waals surface area contributed by atoms with Gasteiger partial charge in [0.05, 0.1) is 17.1 Å². The number of hydrogen-bond donors (Lipinski definition) is 0. The summed E-state index contributed by atoms with van der Waals surface area (Å²) in [4.78, 5) is 2.33. The first kappa shape index (κ1) is 37.0. The fourth-order valence-corrected chi connectivity index (χ4v) is 9.74. The summed E-state index contributed by atoms with van der Waals surface area (Å²) in [6, 6.07) is 70.9. The van der Waals surface area contributed by atoms with Gasteiger partial charge in [-0.3, -0.25) is 0 Å². The van der Waals surface area contributed by atoms with E-state index in [2.05, 4.69) is 226 Å². The molecule has 3 heterocycles. The van der Waals surface area contributed by atoms with E-state index < -0.39 is 0 Å². The highest BCUT2D eigenvalue weighted by Crippen LogP contribution is 2.49. The maximum atomic E-state index is 7.13. The maximum Gasteiger partial charge on any atom is 0.260 e. The van der Waals surface area contributed by atoms with Crippen molar-refractivity contribution in [3.63, 3.8) is 0 Å². The van der Waals surface area contributed by atoms with Gasteiger partial charge in [-0.25, -0.2) is 0 Å². The summed E-state index contributed by atoms with van der Waals surface area (Å²) < 4.78 is 21.4. The van der Waals surface area contributed by atoms with E-state index in [1.54, 1.807) is 0 Å². The van der Waals surface area contributed by atoms with Gasteiger partial charge in [0.2, 0.25) is 0 Å².